The van der Waals surface area contributed by atoms with Gasteiger partial charge in [-0.3, -0.25) is 9.13 Å². The summed E-state index contributed by atoms with van der Waals surface area (Å²) in [5, 5.41) is 0. The van der Waals surface area contributed by atoms with Crippen molar-refractivity contribution in [3.05, 3.63) is 194 Å². The van der Waals surface area contributed by atoms with Crippen LogP contribution in [0.15, 0.2) is 182 Å². The quantitative estimate of drug-likeness (QED) is 0.164. The Morgan fingerprint density at radius 1 is 0.286 bits per heavy atom. The second-order valence-corrected chi connectivity index (χ2v) is 13.9. The Hall–Kier alpha value is -7.44. The molecule has 266 valence electrons. The van der Waals surface area contributed by atoms with Crippen LogP contribution in [0.4, 0.5) is 0 Å². The van der Waals surface area contributed by atoms with Crippen LogP contribution in [0, 0.1) is 13.8 Å². The molecule has 6 aromatic carbocycles. The lowest BCUT2D eigenvalue weighted by Gasteiger charge is -2.18. The summed E-state index contributed by atoms with van der Waals surface area (Å²) in [7, 11) is 0. The summed E-state index contributed by atoms with van der Waals surface area (Å²) in [6, 6.07) is 63.5. The van der Waals surface area contributed by atoms with Crippen LogP contribution in [0.3, 0.4) is 0 Å². The van der Waals surface area contributed by atoms with Crippen molar-refractivity contribution in [3.8, 4) is 67.3 Å². The summed E-state index contributed by atoms with van der Waals surface area (Å²) in [5.41, 5.74) is 16.1. The average Bonchev–Trinajstić information content (AvgIpc) is 3.78. The minimum atomic E-state index is 0.838. The first-order valence-electron chi connectivity index (χ1n) is 18.8. The molecule has 4 heterocycles. The fourth-order valence-electron chi connectivity index (χ4n) is 8.00. The van der Waals surface area contributed by atoms with E-state index in [0.29, 0.717) is 0 Å². The van der Waals surface area contributed by atoms with Gasteiger partial charge in [0, 0.05) is 22.5 Å². The number of pyridine rings is 2. The lowest BCUT2D eigenvalue weighted by atomic mass is 9.86. The maximum Gasteiger partial charge on any atom is 0.165 e. The lowest BCUT2D eigenvalue weighted by molar-refractivity contribution is 0.987. The molecular formula is C50H36N6. The smallest absolute Gasteiger partial charge is 0.165 e. The molecule has 0 saturated heterocycles. The van der Waals surface area contributed by atoms with Crippen LogP contribution < -0.4 is 0 Å². The Balaban J connectivity index is 1.11. The molecule has 10 aromatic rings. The van der Waals surface area contributed by atoms with Crippen molar-refractivity contribution in [1.29, 1.82) is 0 Å². The fraction of sp³-hybridized carbons (Fsp3) is 0.0400. The zero-order valence-electron chi connectivity index (χ0n) is 31.0. The standard InChI is InChI=1S/C50H36N6/c1-33-51-47-31-29-45(53-49(47)55(33)35-17-5-3-6-18-35)43-27-15-13-25-41(43)39-23-11-9-21-37(39)38-22-10-12-24-40(38)42-26-14-16-28-44(42)46-30-32-48-50(54-46)56(34(2)52-48)36-19-7-4-8-20-36/h3-32H,1-2H3. The van der Waals surface area contributed by atoms with Crippen molar-refractivity contribution in [2.24, 2.45) is 0 Å². The van der Waals surface area contributed by atoms with Crippen LogP contribution in [-0.2, 0) is 0 Å². The molecule has 0 aliphatic rings. The average molecular weight is 721 g/mol. The fourth-order valence-corrected chi connectivity index (χ4v) is 8.00. The van der Waals surface area contributed by atoms with Gasteiger partial charge in [-0.15, -0.1) is 0 Å². The second-order valence-electron chi connectivity index (χ2n) is 13.9. The first-order valence-corrected chi connectivity index (χ1v) is 18.8. The molecule has 56 heavy (non-hydrogen) atoms. The van der Waals surface area contributed by atoms with Crippen LogP contribution in [0.2, 0.25) is 0 Å². The number of rotatable bonds is 7. The van der Waals surface area contributed by atoms with E-state index in [-0.39, 0.29) is 0 Å². The number of hydrogen-bond acceptors (Lipinski definition) is 4. The van der Waals surface area contributed by atoms with E-state index >= 15 is 0 Å². The number of hydrogen-bond donors (Lipinski definition) is 0. The van der Waals surface area contributed by atoms with Gasteiger partial charge in [-0.05, 0) is 95.8 Å². The molecule has 0 saturated carbocycles. The molecule has 0 aliphatic heterocycles. The van der Waals surface area contributed by atoms with Crippen LogP contribution >= 0.6 is 0 Å². The highest BCUT2D eigenvalue weighted by molar-refractivity contribution is 5.98. The molecule has 0 aliphatic carbocycles. The molecule has 0 atom stereocenters. The predicted molar refractivity (Wildman–Crippen MR) is 228 cm³/mol. The van der Waals surface area contributed by atoms with E-state index in [2.05, 4.69) is 155 Å². The minimum Gasteiger partial charge on any atom is -0.281 e. The van der Waals surface area contributed by atoms with Gasteiger partial charge in [0.1, 0.15) is 22.7 Å². The number of nitrogens with zero attached hydrogens (tertiary/aromatic N) is 6. The van der Waals surface area contributed by atoms with Gasteiger partial charge in [-0.2, -0.15) is 0 Å². The topological polar surface area (TPSA) is 61.4 Å². The Kier molecular flexibility index (Phi) is 8.15. The van der Waals surface area contributed by atoms with E-state index in [1.54, 1.807) is 0 Å². The molecule has 10 rings (SSSR count). The number of aryl methyl sites for hydroxylation is 2. The van der Waals surface area contributed by atoms with Gasteiger partial charge in [-0.25, -0.2) is 19.9 Å². The number of para-hydroxylation sites is 2. The zero-order valence-corrected chi connectivity index (χ0v) is 31.0. The van der Waals surface area contributed by atoms with Crippen LogP contribution in [0.5, 0.6) is 0 Å². The third kappa shape index (κ3) is 5.67. The predicted octanol–water partition coefficient (Wildman–Crippen LogP) is 12.1. The van der Waals surface area contributed by atoms with Crippen molar-refractivity contribution >= 4 is 22.3 Å². The Morgan fingerprint density at radius 3 is 0.911 bits per heavy atom. The van der Waals surface area contributed by atoms with Crippen LogP contribution in [-0.4, -0.2) is 29.1 Å². The van der Waals surface area contributed by atoms with E-state index in [4.69, 9.17) is 19.9 Å². The summed E-state index contributed by atoms with van der Waals surface area (Å²) >= 11 is 0. The molecule has 0 unspecified atom stereocenters. The Bertz CT molecular complexity index is 2840. The summed E-state index contributed by atoms with van der Waals surface area (Å²) in [6.07, 6.45) is 0. The van der Waals surface area contributed by atoms with E-state index in [0.717, 1.165) is 101 Å². The summed E-state index contributed by atoms with van der Waals surface area (Å²) in [5.74, 6) is 1.80. The van der Waals surface area contributed by atoms with Crippen molar-refractivity contribution in [2.75, 3.05) is 0 Å². The van der Waals surface area contributed by atoms with Gasteiger partial charge in [-0.1, -0.05) is 133 Å². The zero-order chi connectivity index (χ0) is 37.6. The number of benzene rings is 6. The van der Waals surface area contributed by atoms with Gasteiger partial charge in [0.15, 0.2) is 11.3 Å². The molecule has 6 heteroatoms. The summed E-state index contributed by atoms with van der Waals surface area (Å²) in [6.45, 7) is 4.06. The molecule has 0 bridgehead atoms. The largest absolute Gasteiger partial charge is 0.281 e. The van der Waals surface area contributed by atoms with Gasteiger partial charge < -0.3 is 0 Å². The van der Waals surface area contributed by atoms with Crippen LogP contribution in [0.25, 0.3) is 89.6 Å². The highest BCUT2D eigenvalue weighted by Gasteiger charge is 2.20. The molecule has 4 aromatic heterocycles. The monoisotopic (exact) mass is 720 g/mol. The van der Waals surface area contributed by atoms with Crippen LogP contribution in [0.1, 0.15) is 11.6 Å². The molecule has 0 fully saturated rings. The summed E-state index contributed by atoms with van der Waals surface area (Å²) in [4.78, 5) is 20.3. The number of fused-ring (bicyclic) bond motifs is 2. The van der Waals surface area contributed by atoms with E-state index < -0.39 is 0 Å². The highest BCUT2D eigenvalue weighted by Crippen LogP contribution is 2.43. The number of imidazole rings is 2. The molecular weight excluding hydrogens is 685 g/mol. The van der Waals surface area contributed by atoms with Crippen molar-refractivity contribution in [2.45, 2.75) is 13.8 Å². The van der Waals surface area contributed by atoms with E-state index in [9.17, 15) is 0 Å². The minimum absolute atomic E-state index is 0.838. The SMILES string of the molecule is Cc1nc2ccc(-c3ccccc3-c3ccccc3-c3ccccc3-c3ccccc3-c3ccc4nc(C)n(-c5ccccc5)c4n3)nc2n1-c1ccccc1. The van der Waals surface area contributed by atoms with E-state index in [1.807, 2.05) is 50.2 Å². The number of aromatic nitrogens is 6. The summed E-state index contributed by atoms with van der Waals surface area (Å²) < 4.78 is 4.26. The first kappa shape index (κ1) is 33.2. The third-order valence-electron chi connectivity index (χ3n) is 10.5. The van der Waals surface area contributed by atoms with Gasteiger partial charge in [0.25, 0.3) is 0 Å². The maximum absolute atomic E-state index is 5.28. The van der Waals surface area contributed by atoms with Gasteiger partial charge in [0.05, 0.1) is 11.4 Å². The van der Waals surface area contributed by atoms with Crippen molar-refractivity contribution < 1.29 is 0 Å². The molecule has 0 N–H and O–H groups in total. The maximum atomic E-state index is 5.28. The van der Waals surface area contributed by atoms with E-state index in [1.165, 1.54) is 0 Å². The van der Waals surface area contributed by atoms with Gasteiger partial charge in [0.2, 0.25) is 0 Å². The van der Waals surface area contributed by atoms with Crippen molar-refractivity contribution in [1.82, 2.24) is 29.1 Å². The molecule has 6 nitrogen and oxygen atoms in total. The lowest BCUT2D eigenvalue weighted by Crippen LogP contribution is -1.99. The Morgan fingerprint density at radius 2 is 0.571 bits per heavy atom. The van der Waals surface area contributed by atoms with Crippen molar-refractivity contribution in [3.63, 3.8) is 0 Å². The molecule has 0 radical (unpaired) electrons. The second kappa shape index (κ2) is 13.8. The highest BCUT2D eigenvalue weighted by atomic mass is 15.1. The Labute approximate surface area is 325 Å². The van der Waals surface area contributed by atoms with Gasteiger partial charge >= 0.3 is 0 Å². The molecule has 0 amide bonds. The third-order valence-corrected chi connectivity index (χ3v) is 10.5. The first-order chi connectivity index (χ1) is 27.6. The normalized spacial score (nSPS) is 11.4. The molecule has 0 spiro atoms.